The van der Waals surface area contributed by atoms with Crippen molar-refractivity contribution in [2.75, 3.05) is 5.73 Å². The molecule has 3 N–H and O–H groups in total. The molecule has 0 spiro atoms. The molecule has 0 amide bonds. The lowest BCUT2D eigenvalue weighted by molar-refractivity contribution is 0.106. The molecule has 0 saturated heterocycles. The summed E-state index contributed by atoms with van der Waals surface area (Å²) >= 11 is 1.25. The van der Waals surface area contributed by atoms with Crippen LogP contribution in [0.3, 0.4) is 0 Å². The van der Waals surface area contributed by atoms with Gasteiger partial charge in [0, 0.05) is 6.20 Å². The van der Waals surface area contributed by atoms with Crippen LogP contribution >= 0.6 is 11.3 Å². The van der Waals surface area contributed by atoms with Crippen LogP contribution < -0.4 is 5.73 Å². The van der Waals surface area contributed by atoms with Crippen LogP contribution in [0.2, 0.25) is 0 Å². The van der Waals surface area contributed by atoms with Crippen LogP contribution in [0, 0.1) is 11.3 Å². The van der Waals surface area contributed by atoms with Crippen molar-refractivity contribution in [2.45, 2.75) is 12.5 Å². The maximum atomic E-state index is 10.5. The summed E-state index contributed by atoms with van der Waals surface area (Å²) in [5.74, 6) is 0. The van der Waals surface area contributed by atoms with E-state index in [9.17, 15) is 5.11 Å². The minimum Gasteiger partial charge on any atom is -0.380 e. The molecule has 1 unspecified atom stereocenters. The predicted octanol–water partition coefficient (Wildman–Crippen LogP) is 1.85. The van der Waals surface area contributed by atoms with Gasteiger partial charge >= 0.3 is 0 Å². The van der Waals surface area contributed by atoms with Gasteiger partial charge in [0.1, 0.15) is 5.60 Å². The molecule has 0 fully saturated rings. The van der Waals surface area contributed by atoms with Gasteiger partial charge in [-0.15, -0.1) is 0 Å². The Morgan fingerprint density at radius 1 is 1.41 bits per heavy atom. The fourth-order valence-corrected chi connectivity index (χ4v) is 2.28. The van der Waals surface area contributed by atoms with Crippen LogP contribution in [-0.4, -0.2) is 10.1 Å². The summed E-state index contributed by atoms with van der Waals surface area (Å²) in [4.78, 5) is 4.61. The largest absolute Gasteiger partial charge is 0.380 e. The van der Waals surface area contributed by atoms with E-state index in [0.29, 0.717) is 21.1 Å². The van der Waals surface area contributed by atoms with Gasteiger partial charge in [-0.1, -0.05) is 23.5 Å². The molecule has 1 heterocycles. The van der Waals surface area contributed by atoms with Crippen LogP contribution in [0.5, 0.6) is 0 Å². The fraction of sp³-hybridized carbons (Fsp3) is 0.167. The van der Waals surface area contributed by atoms with E-state index in [1.54, 1.807) is 37.4 Å². The number of hydrogen-bond donors (Lipinski definition) is 2. The molecule has 0 bridgehead atoms. The Morgan fingerprint density at radius 2 is 2.06 bits per heavy atom. The van der Waals surface area contributed by atoms with Crippen molar-refractivity contribution in [2.24, 2.45) is 0 Å². The van der Waals surface area contributed by atoms with Crippen LogP contribution in [0.25, 0.3) is 0 Å². The normalized spacial score (nSPS) is 13.9. The summed E-state index contributed by atoms with van der Waals surface area (Å²) in [5, 5.41) is 19.6. The molecule has 1 aromatic heterocycles. The van der Waals surface area contributed by atoms with Crippen LogP contribution in [-0.2, 0) is 5.60 Å². The maximum Gasteiger partial charge on any atom is 0.180 e. The van der Waals surface area contributed by atoms with Crippen LogP contribution in [0.4, 0.5) is 5.13 Å². The highest BCUT2D eigenvalue weighted by Crippen LogP contribution is 2.33. The van der Waals surface area contributed by atoms with Crippen molar-refractivity contribution >= 4 is 16.5 Å². The van der Waals surface area contributed by atoms with Crippen molar-refractivity contribution in [3.05, 3.63) is 46.5 Å². The summed E-state index contributed by atoms with van der Waals surface area (Å²) < 4.78 is 0. The monoisotopic (exact) mass is 245 g/mol. The Morgan fingerprint density at radius 3 is 2.53 bits per heavy atom. The Balaban J connectivity index is 2.41. The van der Waals surface area contributed by atoms with Crippen LogP contribution in [0.15, 0.2) is 30.5 Å². The zero-order valence-electron chi connectivity index (χ0n) is 9.21. The molecule has 0 aliphatic heterocycles. The smallest absolute Gasteiger partial charge is 0.180 e. The van der Waals surface area contributed by atoms with E-state index >= 15 is 0 Å². The minimum absolute atomic E-state index is 0.425. The summed E-state index contributed by atoms with van der Waals surface area (Å²) in [6.07, 6.45) is 1.57. The number of benzene rings is 1. The fourth-order valence-electron chi connectivity index (χ4n) is 1.52. The lowest BCUT2D eigenvalue weighted by atomic mass is 9.94. The average molecular weight is 245 g/mol. The second-order valence-corrected chi connectivity index (χ2v) is 4.89. The molecule has 0 saturated carbocycles. The van der Waals surface area contributed by atoms with Crippen molar-refractivity contribution in [3.63, 3.8) is 0 Å². The second kappa shape index (κ2) is 4.17. The van der Waals surface area contributed by atoms with Gasteiger partial charge in [-0.25, -0.2) is 4.98 Å². The third-order valence-corrected chi connectivity index (χ3v) is 3.62. The van der Waals surface area contributed by atoms with Gasteiger partial charge in [-0.3, -0.25) is 0 Å². The number of anilines is 1. The number of thiazole rings is 1. The van der Waals surface area contributed by atoms with Gasteiger partial charge in [0.15, 0.2) is 5.13 Å². The van der Waals surface area contributed by atoms with E-state index in [2.05, 4.69) is 4.98 Å². The number of hydrogen-bond acceptors (Lipinski definition) is 5. The minimum atomic E-state index is -1.14. The topological polar surface area (TPSA) is 82.9 Å². The zero-order valence-corrected chi connectivity index (χ0v) is 10.0. The van der Waals surface area contributed by atoms with Crippen LogP contribution in [0.1, 0.15) is 22.9 Å². The van der Waals surface area contributed by atoms with E-state index in [0.717, 1.165) is 0 Å². The first-order valence-electron chi connectivity index (χ1n) is 4.99. The first-order valence-corrected chi connectivity index (χ1v) is 5.80. The van der Waals surface area contributed by atoms with Crippen molar-refractivity contribution < 1.29 is 5.11 Å². The van der Waals surface area contributed by atoms with Gasteiger partial charge in [-0.2, -0.15) is 5.26 Å². The lowest BCUT2D eigenvalue weighted by Gasteiger charge is -2.21. The van der Waals surface area contributed by atoms with Crippen molar-refractivity contribution in [1.29, 1.82) is 5.26 Å². The molecule has 1 atom stereocenters. The molecule has 0 aliphatic rings. The van der Waals surface area contributed by atoms with Gasteiger partial charge in [0.25, 0.3) is 0 Å². The van der Waals surface area contributed by atoms with E-state index in [-0.39, 0.29) is 0 Å². The van der Waals surface area contributed by atoms with Gasteiger partial charge < -0.3 is 10.8 Å². The predicted molar refractivity (Wildman–Crippen MR) is 66.4 cm³/mol. The number of nitrogens with two attached hydrogens (primary N) is 1. The first-order chi connectivity index (χ1) is 8.04. The standard InChI is InChI=1S/C12H11N3OS/c1-12(16,10-7-15-11(14)17-10)9-4-2-8(6-13)3-5-9/h2-5,7,16H,1H3,(H2,14,15). The Labute approximate surface area is 103 Å². The van der Waals surface area contributed by atoms with E-state index in [1.807, 2.05) is 6.07 Å². The number of aromatic nitrogens is 1. The number of rotatable bonds is 2. The second-order valence-electron chi connectivity index (χ2n) is 3.82. The number of aliphatic hydroxyl groups is 1. The highest BCUT2D eigenvalue weighted by Gasteiger charge is 2.27. The lowest BCUT2D eigenvalue weighted by Crippen LogP contribution is -2.21. The molecule has 17 heavy (non-hydrogen) atoms. The molecule has 5 heteroatoms. The van der Waals surface area contributed by atoms with E-state index < -0.39 is 5.60 Å². The molecular weight excluding hydrogens is 234 g/mol. The number of nitriles is 1. The SMILES string of the molecule is CC(O)(c1ccc(C#N)cc1)c1cnc(N)s1. The third kappa shape index (κ3) is 2.13. The Hall–Kier alpha value is -1.90. The molecule has 2 rings (SSSR count). The zero-order chi connectivity index (χ0) is 12.5. The Bertz CT molecular complexity index is 566. The van der Waals surface area contributed by atoms with Crippen molar-refractivity contribution in [3.8, 4) is 6.07 Å². The highest BCUT2D eigenvalue weighted by molar-refractivity contribution is 7.15. The molecule has 1 aromatic carbocycles. The van der Waals surface area contributed by atoms with Gasteiger partial charge in [0.05, 0.1) is 16.5 Å². The maximum absolute atomic E-state index is 10.5. The first kappa shape index (κ1) is 11.6. The van der Waals surface area contributed by atoms with E-state index in [4.69, 9.17) is 11.0 Å². The number of nitrogens with zero attached hydrogens (tertiary/aromatic N) is 2. The summed E-state index contributed by atoms with van der Waals surface area (Å²) in [6, 6.07) is 8.85. The molecule has 0 aliphatic carbocycles. The van der Waals surface area contributed by atoms with E-state index in [1.165, 1.54) is 11.3 Å². The highest BCUT2D eigenvalue weighted by atomic mass is 32.1. The molecule has 2 aromatic rings. The summed E-state index contributed by atoms with van der Waals surface area (Å²) in [5.41, 5.74) is 5.69. The molecular formula is C12H11N3OS. The Kier molecular flexibility index (Phi) is 2.84. The quantitative estimate of drug-likeness (QED) is 0.845. The molecule has 4 nitrogen and oxygen atoms in total. The molecule has 0 radical (unpaired) electrons. The number of nitrogen functional groups attached to an aromatic ring is 1. The summed E-state index contributed by atoms with van der Waals surface area (Å²) in [6.45, 7) is 1.68. The van der Waals surface area contributed by atoms with Gasteiger partial charge in [-0.05, 0) is 24.6 Å². The van der Waals surface area contributed by atoms with Crippen molar-refractivity contribution in [1.82, 2.24) is 4.98 Å². The third-order valence-electron chi connectivity index (χ3n) is 2.58. The average Bonchev–Trinajstić information content (AvgIpc) is 2.77. The van der Waals surface area contributed by atoms with Gasteiger partial charge in [0.2, 0.25) is 0 Å². The molecule has 86 valence electrons. The summed E-state index contributed by atoms with van der Waals surface area (Å²) in [7, 11) is 0.